The zero-order valence-corrected chi connectivity index (χ0v) is 16.8. The number of aliphatic hydroxyl groups excluding tert-OH is 2. The number of likely N-dealkylation sites (tertiary alicyclic amines) is 1. The van der Waals surface area contributed by atoms with Crippen LogP contribution in [0.15, 0.2) is 0 Å². The second-order valence-corrected chi connectivity index (χ2v) is 11.1. The van der Waals surface area contributed by atoms with Crippen molar-refractivity contribution in [3.05, 3.63) is 0 Å². The third-order valence-electron chi connectivity index (χ3n) is 10.7. The Balaban J connectivity index is 1.61. The highest BCUT2D eigenvalue weighted by Crippen LogP contribution is 2.78. The topological polar surface area (TPSA) is 73.2 Å². The van der Waals surface area contributed by atoms with Gasteiger partial charge in [-0.25, -0.2) is 0 Å². The fraction of sp³-hybridized carbons (Fsp3) is 1.00. The number of methoxy groups -OCH3 is 1. The zero-order valence-electron chi connectivity index (χ0n) is 16.8. The molecule has 1 spiro atoms. The van der Waals surface area contributed by atoms with Gasteiger partial charge in [-0.05, 0) is 49.5 Å². The second-order valence-electron chi connectivity index (χ2n) is 11.1. The van der Waals surface area contributed by atoms with E-state index in [9.17, 15) is 15.3 Å². The average Bonchev–Trinajstić information content (AvgIpc) is 3.06. The first-order chi connectivity index (χ1) is 12.8. The number of fused-ring (bicyclic) bond motifs is 2. The summed E-state index contributed by atoms with van der Waals surface area (Å²) in [6.45, 7) is 6.85. The van der Waals surface area contributed by atoms with E-state index in [-0.39, 0.29) is 40.6 Å². The van der Waals surface area contributed by atoms with E-state index in [1.807, 2.05) is 7.11 Å². The van der Waals surface area contributed by atoms with Crippen LogP contribution in [-0.2, 0) is 4.74 Å². The molecule has 5 heteroatoms. The molecule has 12 atom stereocenters. The van der Waals surface area contributed by atoms with Crippen LogP contribution in [0, 0.1) is 40.4 Å². The number of ether oxygens (including phenoxy) is 1. The average molecular weight is 378 g/mol. The molecule has 1 unspecified atom stereocenters. The van der Waals surface area contributed by atoms with Gasteiger partial charge in [-0.1, -0.05) is 13.8 Å². The fourth-order valence-electron chi connectivity index (χ4n) is 10.1. The Bertz CT molecular complexity index is 673. The molecule has 5 saturated carbocycles. The number of rotatable bonds is 2. The predicted molar refractivity (Wildman–Crippen MR) is 99.9 cm³/mol. The normalized spacial score (nSPS) is 66.2. The summed E-state index contributed by atoms with van der Waals surface area (Å²) in [6.07, 6.45) is 3.68. The molecule has 6 fully saturated rings. The Kier molecular flexibility index (Phi) is 3.33. The van der Waals surface area contributed by atoms with Crippen LogP contribution in [0.2, 0.25) is 0 Å². The van der Waals surface area contributed by atoms with Crippen LogP contribution in [-0.4, -0.2) is 70.4 Å². The van der Waals surface area contributed by atoms with E-state index >= 15 is 0 Å². The van der Waals surface area contributed by atoms with Gasteiger partial charge in [0, 0.05) is 49.3 Å². The molecule has 1 aliphatic heterocycles. The van der Waals surface area contributed by atoms with Gasteiger partial charge >= 0.3 is 0 Å². The van der Waals surface area contributed by atoms with Crippen molar-refractivity contribution >= 4 is 0 Å². The van der Waals surface area contributed by atoms with Crippen molar-refractivity contribution < 1.29 is 20.1 Å². The molecule has 152 valence electrons. The van der Waals surface area contributed by atoms with E-state index < -0.39 is 17.8 Å². The molecule has 6 rings (SSSR count). The lowest BCUT2D eigenvalue weighted by atomic mass is 9.43. The van der Waals surface area contributed by atoms with Gasteiger partial charge in [0.15, 0.2) is 0 Å². The van der Waals surface area contributed by atoms with E-state index in [1.165, 1.54) is 6.42 Å². The minimum absolute atomic E-state index is 0.0252. The van der Waals surface area contributed by atoms with Crippen molar-refractivity contribution in [1.29, 1.82) is 0 Å². The first kappa shape index (κ1) is 17.6. The third-order valence-corrected chi connectivity index (χ3v) is 10.7. The number of piperidine rings is 1. The highest BCUT2D eigenvalue weighted by molar-refractivity contribution is 5.32. The number of hydrogen-bond acceptors (Lipinski definition) is 5. The van der Waals surface area contributed by atoms with Gasteiger partial charge in [0.1, 0.15) is 0 Å². The molecule has 0 aromatic heterocycles. The van der Waals surface area contributed by atoms with Crippen LogP contribution >= 0.6 is 0 Å². The molecule has 0 amide bonds. The summed E-state index contributed by atoms with van der Waals surface area (Å²) < 4.78 is 6.21. The van der Waals surface area contributed by atoms with Crippen LogP contribution in [0.25, 0.3) is 0 Å². The Morgan fingerprint density at radius 1 is 1.19 bits per heavy atom. The molecule has 6 aliphatic rings. The summed E-state index contributed by atoms with van der Waals surface area (Å²) >= 11 is 0. The molecule has 0 radical (unpaired) electrons. The van der Waals surface area contributed by atoms with E-state index in [1.54, 1.807) is 0 Å². The smallest absolute Gasteiger partial charge is 0.0771 e. The van der Waals surface area contributed by atoms with Crippen LogP contribution in [0.3, 0.4) is 0 Å². The SMILES string of the molecule is CCN1C[C@]2(C)CC[C@H](OC)[C@]34C1[C@H](C[C@H]23)[C@@]1(O)C[C@@H](O)[C@H]2C[C@@H]4[C@@H]1[C@H]2O. The monoisotopic (exact) mass is 377 g/mol. The van der Waals surface area contributed by atoms with Gasteiger partial charge in [-0.15, -0.1) is 0 Å². The summed E-state index contributed by atoms with van der Waals surface area (Å²) in [6, 6.07) is 0.327. The molecular formula is C22H35NO4. The van der Waals surface area contributed by atoms with Crippen molar-refractivity contribution in [2.24, 2.45) is 40.4 Å². The lowest BCUT2D eigenvalue weighted by Gasteiger charge is -2.69. The fourth-order valence-corrected chi connectivity index (χ4v) is 10.1. The molecule has 27 heavy (non-hydrogen) atoms. The summed E-state index contributed by atoms with van der Waals surface area (Å²) in [7, 11) is 1.87. The lowest BCUT2D eigenvalue weighted by molar-refractivity contribution is -0.269. The molecule has 1 saturated heterocycles. The number of nitrogens with zero attached hydrogens (tertiary/aromatic N) is 1. The van der Waals surface area contributed by atoms with Gasteiger partial charge in [-0.3, -0.25) is 4.90 Å². The van der Waals surface area contributed by atoms with Gasteiger partial charge < -0.3 is 20.1 Å². The van der Waals surface area contributed by atoms with Gasteiger partial charge in [0.05, 0.1) is 23.9 Å². The highest BCUT2D eigenvalue weighted by atomic mass is 16.5. The Morgan fingerprint density at radius 2 is 1.96 bits per heavy atom. The van der Waals surface area contributed by atoms with Crippen LogP contribution < -0.4 is 0 Å². The van der Waals surface area contributed by atoms with Crippen molar-refractivity contribution in [3.63, 3.8) is 0 Å². The molecule has 5 nitrogen and oxygen atoms in total. The standard InChI is InChI=1S/C22H35NO4/c1-4-23-10-20(2)6-5-16(27-3)22-12-7-11-14(24)9-21(26,17(12)18(11)25)13(19(22)23)8-15(20)22/h11-19,24-26H,4-10H2,1-3H3/t11-,12-,13+,14-,15-,16+,17-,18+,19?,20+,21+,22-/m1/s1. The molecule has 0 aromatic carbocycles. The maximum Gasteiger partial charge on any atom is 0.0771 e. The predicted octanol–water partition coefficient (Wildman–Crippen LogP) is 1.25. The summed E-state index contributed by atoms with van der Waals surface area (Å²) in [5.41, 5.74) is -0.634. The van der Waals surface area contributed by atoms with E-state index in [0.29, 0.717) is 18.4 Å². The van der Waals surface area contributed by atoms with Crippen molar-refractivity contribution in [2.75, 3.05) is 20.2 Å². The lowest BCUT2D eigenvalue weighted by Crippen LogP contribution is -2.75. The van der Waals surface area contributed by atoms with Gasteiger partial charge in [0.25, 0.3) is 0 Å². The summed E-state index contributed by atoms with van der Waals surface area (Å²) in [4.78, 5) is 2.65. The minimum atomic E-state index is -0.930. The van der Waals surface area contributed by atoms with Crippen molar-refractivity contribution in [1.82, 2.24) is 4.90 Å². The molecule has 0 aromatic rings. The minimum Gasteiger partial charge on any atom is -0.393 e. The van der Waals surface area contributed by atoms with Gasteiger partial charge in [0.2, 0.25) is 0 Å². The molecule has 3 N–H and O–H groups in total. The maximum atomic E-state index is 12.0. The third kappa shape index (κ3) is 1.66. The van der Waals surface area contributed by atoms with Crippen LogP contribution in [0.1, 0.15) is 46.0 Å². The Labute approximate surface area is 162 Å². The van der Waals surface area contributed by atoms with Crippen LogP contribution in [0.4, 0.5) is 0 Å². The first-order valence-corrected chi connectivity index (χ1v) is 11.2. The van der Waals surface area contributed by atoms with E-state index in [4.69, 9.17) is 4.74 Å². The summed E-state index contributed by atoms with van der Waals surface area (Å²) in [5, 5.41) is 34.0. The second kappa shape index (κ2) is 5.10. The van der Waals surface area contributed by atoms with Crippen molar-refractivity contribution in [3.8, 4) is 0 Å². The largest absolute Gasteiger partial charge is 0.393 e. The Morgan fingerprint density at radius 3 is 2.67 bits per heavy atom. The number of aliphatic hydroxyl groups is 3. The first-order valence-electron chi connectivity index (χ1n) is 11.2. The molecule has 1 heterocycles. The van der Waals surface area contributed by atoms with Gasteiger partial charge in [-0.2, -0.15) is 0 Å². The van der Waals surface area contributed by atoms with E-state index in [2.05, 4.69) is 18.7 Å². The van der Waals surface area contributed by atoms with E-state index in [0.717, 1.165) is 32.4 Å². The van der Waals surface area contributed by atoms with Crippen molar-refractivity contribution in [2.45, 2.75) is 75.9 Å². The molecule has 7 bridgehead atoms. The summed E-state index contributed by atoms with van der Waals surface area (Å²) in [5.74, 6) is 0.797. The molecule has 5 aliphatic carbocycles. The quantitative estimate of drug-likeness (QED) is 0.676. The Hall–Kier alpha value is -0.200. The zero-order chi connectivity index (χ0) is 18.9. The van der Waals surface area contributed by atoms with Crippen LogP contribution in [0.5, 0.6) is 0 Å². The highest BCUT2D eigenvalue weighted by Gasteiger charge is 2.82. The molecular weight excluding hydrogens is 342 g/mol. The number of hydrogen-bond donors (Lipinski definition) is 3. The maximum absolute atomic E-state index is 12.0.